The van der Waals surface area contributed by atoms with Gasteiger partial charge in [0.15, 0.2) is 0 Å². The molecule has 2 atom stereocenters. The molecule has 0 spiro atoms. The van der Waals surface area contributed by atoms with Crippen molar-refractivity contribution in [1.82, 2.24) is 0 Å². The molecule has 0 amide bonds. The van der Waals surface area contributed by atoms with Crippen molar-refractivity contribution in [3.05, 3.63) is 161 Å². The van der Waals surface area contributed by atoms with Gasteiger partial charge in [-0.25, -0.2) is 13.5 Å². The molecule has 0 bridgehead atoms. The molecule has 42 heavy (non-hydrogen) atoms. The van der Waals surface area contributed by atoms with Crippen LogP contribution in [0.25, 0.3) is 0 Å². The normalized spacial score (nSPS) is 19.4. The van der Waals surface area contributed by atoms with Crippen LogP contribution in [-0.4, -0.2) is 16.7 Å². The van der Waals surface area contributed by atoms with E-state index < -0.39 is 32.4 Å². The minimum absolute atomic E-state index is 0.0345. The predicted octanol–water partition coefficient (Wildman–Crippen LogP) is 7.88. The second-order valence-corrected chi connectivity index (χ2v) is 19.1. The van der Waals surface area contributed by atoms with Crippen molar-refractivity contribution in [1.29, 1.82) is 0 Å². The average molecular weight is 611 g/mol. The summed E-state index contributed by atoms with van der Waals surface area (Å²) in [6.07, 6.45) is 0. The van der Waals surface area contributed by atoms with E-state index in [1.54, 1.807) is 12.1 Å². The zero-order valence-corrected chi connectivity index (χ0v) is 25.5. The van der Waals surface area contributed by atoms with E-state index in [2.05, 4.69) is 48.5 Å². The number of aliphatic hydroxyl groups is 1. The standard InChI is InChI=1S/C32H29N4O3P3/c1-40(32(37)26-22-24-27(25-23-26)36(38)39)33-41(28-14-6-2-7-15-28,29-16-8-3-9-17-29)35-42(34-40,30-18-10-4-11-19-30)31-20-12-5-13-21-31/h2-25,32,37H,1H3. The SMILES string of the molecule is CP1(C(O)c2ccc([N+](=O)[O-])cc2)=NP(c2ccccc2)(c2ccccc2)=NP(c2ccccc2)(c2ccccc2)=N1. The van der Waals surface area contributed by atoms with E-state index in [-0.39, 0.29) is 5.69 Å². The van der Waals surface area contributed by atoms with E-state index in [1.807, 2.05) is 79.5 Å². The Labute approximate surface area is 245 Å². The molecule has 210 valence electrons. The lowest BCUT2D eigenvalue weighted by molar-refractivity contribution is -0.384. The van der Waals surface area contributed by atoms with Gasteiger partial charge < -0.3 is 5.11 Å². The van der Waals surface area contributed by atoms with Crippen LogP contribution in [0.15, 0.2) is 159 Å². The fourth-order valence-electron chi connectivity index (χ4n) is 5.17. The summed E-state index contributed by atoms with van der Waals surface area (Å²) in [7, 11) is -8.74. The third-order valence-electron chi connectivity index (χ3n) is 7.21. The van der Waals surface area contributed by atoms with Crippen LogP contribution in [0.4, 0.5) is 5.69 Å². The summed E-state index contributed by atoms with van der Waals surface area (Å²) in [4.78, 5) is 10.9. The van der Waals surface area contributed by atoms with Gasteiger partial charge in [0.1, 0.15) is 27.5 Å². The van der Waals surface area contributed by atoms with Crippen LogP contribution in [0.1, 0.15) is 11.4 Å². The molecule has 5 aromatic rings. The smallest absolute Gasteiger partial charge is 0.269 e. The average Bonchev–Trinajstić information content (AvgIpc) is 3.05. The minimum atomic E-state index is -2.98. The molecule has 7 nitrogen and oxygen atoms in total. The number of aliphatic hydroxyl groups excluding tert-OH is 1. The second kappa shape index (κ2) is 11.4. The fraction of sp³-hybridized carbons (Fsp3) is 0.0625. The zero-order valence-electron chi connectivity index (χ0n) is 22.8. The first kappa shape index (κ1) is 28.3. The van der Waals surface area contributed by atoms with Crippen LogP contribution < -0.4 is 21.2 Å². The first-order valence-corrected chi connectivity index (χ1v) is 19.0. The Bertz CT molecular complexity index is 1730. The highest BCUT2D eigenvalue weighted by atomic mass is 31.3. The van der Waals surface area contributed by atoms with Crippen molar-refractivity contribution in [3.63, 3.8) is 0 Å². The van der Waals surface area contributed by atoms with E-state index in [4.69, 9.17) is 13.5 Å². The molecule has 0 radical (unpaired) electrons. The van der Waals surface area contributed by atoms with Gasteiger partial charge in [-0.15, -0.1) is 0 Å². The molecule has 5 aromatic carbocycles. The Hall–Kier alpha value is -3.85. The maximum absolute atomic E-state index is 12.2. The monoisotopic (exact) mass is 610 g/mol. The number of nitro groups is 1. The van der Waals surface area contributed by atoms with Crippen molar-refractivity contribution in [2.45, 2.75) is 5.85 Å². The zero-order chi connectivity index (χ0) is 29.2. The first-order valence-electron chi connectivity index (χ1n) is 13.4. The molecule has 1 aliphatic heterocycles. The van der Waals surface area contributed by atoms with Gasteiger partial charge in [0.25, 0.3) is 5.69 Å². The molecular weight excluding hydrogens is 581 g/mol. The third-order valence-corrected chi connectivity index (χ3v) is 19.5. The molecule has 10 heteroatoms. The van der Waals surface area contributed by atoms with Gasteiger partial charge in [0, 0.05) is 33.4 Å². The lowest BCUT2D eigenvalue weighted by Crippen LogP contribution is -2.21. The summed E-state index contributed by atoms with van der Waals surface area (Å²) in [6, 6.07) is 46.6. The summed E-state index contributed by atoms with van der Waals surface area (Å²) in [6.45, 7) is 1.97. The van der Waals surface area contributed by atoms with Crippen molar-refractivity contribution in [3.8, 4) is 0 Å². The largest absolute Gasteiger partial charge is 0.380 e. The molecule has 0 aliphatic carbocycles. The number of rotatable bonds is 7. The van der Waals surface area contributed by atoms with E-state index >= 15 is 0 Å². The van der Waals surface area contributed by atoms with E-state index in [9.17, 15) is 15.2 Å². The number of nitro benzene ring substituents is 1. The maximum Gasteiger partial charge on any atom is 0.269 e. The van der Waals surface area contributed by atoms with Crippen molar-refractivity contribution in [2.75, 3.05) is 6.66 Å². The second-order valence-electron chi connectivity index (χ2n) is 10.0. The highest BCUT2D eigenvalue weighted by molar-refractivity contribution is 7.97. The van der Waals surface area contributed by atoms with E-state index in [1.165, 1.54) is 12.1 Å². The fourth-order valence-corrected chi connectivity index (χ4v) is 20.0. The van der Waals surface area contributed by atoms with Crippen LogP contribution >= 0.6 is 21.6 Å². The number of nitrogens with zero attached hydrogens (tertiary/aromatic N) is 4. The van der Waals surface area contributed by atoms with E-state index in [0.717, 1.165) is 21.2 Å². The highest BCUT2D eigenvalue weighted by Gasteiger charge is 2.41. The van der Waals surface area contributed by atoms with Crippen molar-refractivity contribution < 1.29 is 10.0 Å². The summed E-state index contributed by atoms with van der Waals surface area (Å²) >= 11 is 0. The molecule has 0 saturated heterocycles. The predicted molar refractivity (Wildman–Crippen MR) is 176 cm³/mol. The molecule has 0 fully saturated rings. The molecule has 6 rings (SSSR count). The first-order chi connectivity index (χ1) is 20.4. The Morgan fingerprint density at radius 3 is 1.29 bits per heavy atom. The van der Waals surface area contributed by atoms with E-state index in [0.29, 0.717) is 5.56 Å². The summed E-state index contributed by atoms with van der Waals surface area (Å²) in [5.74, 6) is -1.08. The minimum Gasteiger partial charge on any atom is -0.380 e. The van der Waals surface area contributed by atoms with Crippen LogP contribution in [-0.2, 0) is 0 Å². The van der Waals surface area contributed by atoms with Gasteiger partial charge in [-0.2, -0.15) is 0 Å². The molecule has 1 heterocycles. The van der Waals surface area contributed by atoms with Gasteiger partial charge in [-0.05, 0) is 24.4 Å². The van der Waals surface area contributed by atoms with Gasteiger partial charge in [-0.1, -0.05) is 121 Å². The Morgan fingerprint density at radius 1 is 0.571 bits per heavy atom. The summed E-state index contributed by atoms with van der Waals surface area (Å²) in [5.41, 5.74) is 0.511. The van der Waals surface area contributed by atoms with Gasteiger partial charge in [-0.3, -0.25) is 10.1 Å². The number of hydrogen-bond acceptors (Lipinski definition) is 6. The van der Waals surface area contributed by atoms with Gasteiger partial charge >= 0.3 is 0 Å². The summed E-state index contributed by atoms with van der Waals surface area (Å²) in [5, 5.41) is 27.5. The Morgan fingerprint density at radius 2 is 0.929 bits per heavy atom. The third kappa shape index (κ3) is 5.04. The number of benzene rings is 5. The Kier molecular flexibility index (Phi) is 7.70. The van der Waals surface area contributed by atoms with Crippen molar-refractivity contribution in [2.24, 2.45) is 13.5 Å². The Balaban J connectivity index is 1.78. The topological polar surface area (TPSA) is 100 Å². The molecule has 0 aromatic heterocycles. The number of hydrogen-bond donors (Lipinski definition) is 1. The van der Waals surface area contributed by atoms with Crippen molar-refractivity contribution >= 4 is 48.5 Å². The molecule has 1 N–H and O–H groups in total. The highest BCUT2D eigenvalue weighted by Crippen LogP contribution is 2.79. The van der Waals surface area contributed by atoms with Crippen LogP contribution in [0.3, 0.4) is 0 Å². The lowest BCUT2D eigenvalue weighted by Gasteiger charge is -2.38. The molecule has 1 aliphatic rings. The van der Waals surface area contributed by atoms with Gasteiger partial charge in [0.2, 0.25) is 0 Å². The van der Waals surface area contributed by atoms with Gasteiger partial charge in [0.05, 0.1) is 4.92 Å². The van der Waals surface area contributed by atoms with Crippen LogP contribution in [0.2, 0.25) is 0 Å². The number of non-ortho nitro benzene ring substituents is 1. The quantitative estimate of drug-likeness (QED) is 0.115. The maximum atomic E-state index is 12.2. The van der Waals surface area contributed by atoms with Crippen LogP contribution in [0, 0.1) is 10.1 Å². The lowest BCUT2D eigenvalue weighted by atomic mass is 10.2. The summed E-state index contributed by atoms with van der Waals surface area (Å²) < 4.78 is 17.0. The molecule has 0 saturated carbocycles. The molecule has 2 unspecified atom stereocenters. The molecular formula is C32H29N4O3P3. The van der Waals surface area contributed by atoms with Crippen LogP contribution in [0.5, 0.6) is 0 Å².